The molecule has 3 aromatic rings. The van der Waals surface area contributed by atoms with Crippen LogP contribution in [0.3, 0.4) is 0 Å². The lowest BCUT2D eigenvalue weighted by Crippen LogP contribution is -2.43. The van der Waals surface area contributed by atoms with E-state index >= 15 is 0 Å². The summed E-state index contributed by atoms with van der Waals surface area (Å²) >= 11 is 0. The zero-order valence-electron chi connectivity index (χ0n) is 16.6. The van der Waals surface area contributed by atoms with Gasteiger partial charge in [-0.1, -0.05) is 35.9 Å². The molecule has 4 rings (SSSR count). The first-order valence-electron chi connectivity index (χ1n) is 9.75. The van der Waals surface area contributed by atoms with E-state index in [1.54, 1.807) is 12.1 Å². The zero-order valence-corrected chi connectivity index (χ0v) is 16.6. The number of benzene rings is 2. The molecule has 1 aliphatic heterocycles. The van der Waals surface area contributed by atoms with Crippen LogP contribution in [0.4, 0.5) is 0 Å². The van der Waals surface area contributed by atoms with Crippen LogP contribution in [0, 0.1) is 6.92 Å². The normalized spacial score (nSPS) is 16.9. The minimum atomic E-state index is -0.415. The molecule has 9 nitrogen and oxygen atoms in total. The Morgan fingerprint density at radius 2 is 1.87 bits per heavy atom. The second-order valence-corrected chi connectivity index (χ2v) is 7.69. The Hall–Kier alpha value is -3.27. The van der Waals surface area contributed by atoms with E-state index < -0.39 is 5.69 Å². The van der Waals surface area contributed by atoms with E-state index in [0.717, 1.165) is 16.7 Å². The van der Waals surface area contributed by atoms with Gasteiger partial charge in [-0.3, -0.25) is 14.2 Å². The number of hydrogen-bond donors (Lipinski definition) is 4. The summed E-state index contributed by atoms with van der Waals surface area (Å²) in [5.41, 5.74) is 14.2. The van der Waals surface area contributed by atoms with Gasteiger partial charge < -0.3 is 10.7 Å². The smallest absolute Gasteiger partial charge is 0.328 e. The molecule has 0 spiro atoms. The van der Waals surface area contributed by atoms with Crippen LogP contribution < -0.4 is 27.9 Å². The number of nitrogens with zero attached hydrogens (tertiary/aromatic N) is 2. The molecule has 1 aromatic heterocycles. The lowest BCUT2D eigenvalue weighted by molar-refractivity contribution is -0.117. The number of nitrogens with one attached hydrogen (secondary N) is 3. The largest absolute Gasteiger partial charge is 0.369 e. The van der Waals surface area contributed by atoms with Crippen LogP contribution >= 0.6 is 0 Å². The molecular weight excluding hydrogens is 384 g/mol. The second-order valence-electron chi connectivity index (χ2n) is 7.69. The number of hydrazine groups is 2. The standard InChI is InChI=1S/C21H24N6O3/c1-13-2-7-18-17(8-13)20(29)27(21(30)23-18)12-16-11-26(25-24-16)10-15-5-3-14(4-6-15)9-19(22)28/h2-8,16,24-25H,9-12H2,1H3,(H2,22,28)(H,23,30). The highest BCUT2D eigenvalue weighted by Gasteiger charge is 2.23. The van der Waals surface area contributed by atoms with Gasteiger partial charge in [-0.2, -0.15) is 5.53 Å². The van der Waals surface area contributed by atoms with Crippen molar-refractivity contribution in [1.82, 2.24) is 25.5 Å². The van der Waals surface area contributed by atoms with Crippen molar-refractivity contribution in [2.24, 2.45) is 5.73 Å². The van der Waals surface area contributed by atoms with Crippen molar-refractivity contribution in [3.63, 3.8) is 0 Å². The fourth-order valence-electron chi connectivity index (χ4n) is 3.68. The van der Waals surface area contributed by atoms with Gasteiger partial charge in [-0.25, -0.2) is 15.2 Å². The minimum absolute atomic E-state index is 0.111. The average Bonchev–Trinajstić information content (AvgIpc) is 3.14. The molecular formula is C21H24N6O3. The monoisotopic (exact) mass is 408 g/mol. The van der Waals surface area contributed by atoms with Gasteiger partial charge >= 0.3 is 5.69 Å². The van der Waals surface area contributed by atoms with Crippen molar-refractivity contribution in [1.29, 1.82) is 0 Å². The first-order chi connectivity index (χ1) is 14.4. The number of rotatable bonds is 6. The SMILES string of the molecule is Cc1ccc2[nH]c(=O)n(CC3CN(Cc4ccc(CC(N)=O)cc4)NN3)c(=O)c2c1. The van der Waals surface area contributed by atoms with Crippen LogP contribution in [-0.4, -0.2) is 33.1 Å². The van der Waals surface area contributed by atoms with E-state index in [0.29, 0.717) is 24.0 Å². The van der Waals surface area contributed by atoms with Crippen molar-refractivity contribution >= 4 is 16.8 Å². The molecule has 2 heterocycles. The second kappa shape index (κ2) is 8.23. The Morgan fingerprint density at radius 1 is 1.13 bits per heavy atom. The molecule has 1 unspecified atom stereocenters. The number of amides is 1. The molecule has 2 aromatic carbocycles. The Bertz CT molecular complexity index is 1200. The molecule has 9 heteroatoms. The molecule has 1 amide bonds. The Morgan fingerprint density at radius 3 is 2.60 bits per heavy atom. The third-order valence-electron chi connectivity index (χ3n) is 5.18. The number of hydrogen-bond acceptors (Lipinski definition) is 6. The fourth-order valence-corrected chi connectivity index (χ4v) is 3.68. The van der Waals surface area contributed by atoms with E-state index in [9.17, 15) is 14.4 Å². The lowest BCUT2D eigenvalue weighted by atomic mass is 10.1. The van der Waals surface area contributed by atoms with Gasteiger partial charge in [0.05, 0.1) is 23.4 Å². The van der Waals surface area contributed by atoms with E-state index in [4.69, 9.17) is 5.73 Å². The van der Waals surface area contributed by atoms with Crippen molar-refractivity contribution in [2.45, 2.75) is 32.5 Å². The van der Waals surface area contributed by atoms with Gasteiger partial charge in [-0.15, -0.1) is 0 Å². The van der Waals surface area contributed by atoms with Crippen LogP contribution in [0.1, 0.15) is 16.7 Å². The number of nitrogens with two attached hydrogens (primary N) is 1. The molecule has 1 atom stereocenters. The molecule has 0 saturated carbocycles. The van der Waals surface area contributed by atoms with Crippen LogP contribution in [-0.2, 0) is 24.3 Å². The van der Waals surface area contributed by atoms with Crippen LogP contribution in [0.2, 0.25) is 0 Å². The quantitative estimate of drug-likeness (QED) is 0.452. The minimum Gasteiger partial charge on any atom is -0.369 e. The number of aryl methyl sites for hydroxylation is 1. The Kier molecular flexibility index (Phi) is 5.49. The highest BCUT2D eigenvalue weighted by Crippen LogP contribution is 2.10. The van der Waals surface area contributed by atoms with Gasteiger partial charge in [-0.05, 0) is 30.2 Å². The van der Waals surface area contributed by atoms with Crippen LogP contribution in [0.25, 0.3) is 10.9 Å². The summed E-state index contributed by atoms with van der Waals surface area (Å²) in [7, 11) is 0. The van der Waals surface area contributed by atoms with E-state index in [2.05, 4.69) is 15.9 Å². The fraction of sp³-hybridized carbons (Fsp3) is 0.286. The van der Waals surface area contributed by atoms with Gasteiger partial charge in [0.15, 0.2) is 0 Å². The number of H-pyrrole nitrogens is 1. The molecule has 0 radical (unpaired) electrons. The van der Waals surface area contributed by atoms with Crippen LogP contribution in [0.5, 0.6) is 0 Å². The maximum Gasteiger partial charge on any atom is 0.328 e. The summed E-state index contributed by atoms with van der Waals surface area (Å²) in [6.45, 7) is 3.40. The number of carbonyl (C=O) groups is 1. The van der Waals surface area contributed by atoms with Gasteiger partial charge in [0.1, 0.15) is 0 Å². The van der Waals surface area contributed by atoms with Crippen molar-refractivity contribution in [3.8, 4) is 0 Å². The number of aromatic nitrogens is 2. The molecule has 0 bridgehead atoms. The highest BCUT2D eigenvalue weighted by atomic mass is 16.2. The van der Waals surface area contributed by atoms with E-state index in [-0.39, 0.29) is 30.5 Å². The van der Waals surface area contributed by atoms with E-state index in [1.807, 2.05) is 42.3 Å². The van der Waals surface area contributed by atoms with Crippen molar-refractivity contribution in [2.75, 3.05) is 6.54 Å². The van der Waals surface area contributed by atoms with Gasteiger partial charge in [0.25, 0.3) is 5.56 Å². The summed E-state index contributed by atoms with van der Waals surface area (Å²) in [6, 6.07) is 13.0. The Balaban J connectivity index is 1.43. The lowest BCUT2D eigenvalue weighted by Gasteiger charge is -2.15. The summed E-state index contributed by atoms with van der Waals surface area (Å²) < 4.78 is 1.24. The summed E-state index contributed by atoms with van der Waals surface area (Å²) in [5, 5.41) is 2.48. The predicted octanol–water partition coefficient (Wildman–Crippen LogP) is -0.0804. The summed E-state index contributed by atoms with van der Waals surface area (Å²) in [6.07, 6.45) is 0.223. The molecule has 5 N–H and O–H groups in total. The number of primary amides is 1. The Labute approximate surface area is 172 Å². The molecule has 156 valence electrons. The predicted molar refractivity (Wildman–Crippen MR) is 113 cm³/mol. The summed E-state index contributed by atoms with van der Waals surface area (Å²) in [5.74, 6) is -0.356. The number of carbonyl (C=O) groups excluding carboxylic acids is 1. The summed E-state index contributed by atoms with van der Waals surface area (Å²) in [4.78, 5) is 39.0. The maximum atomic E-state index is 12.8. The van der Waals surface area contributed by atoms with Crippen molar-refractivity contribution in [3.05, 3.63) is 80.0 Å². The van der Waals surface area contributed by atoms with E-state index in [1.165, 1.54) is 4.57 Å². The molecule has 1 saturated heterocycles. The van der Waals surface area contributed by atoms with Gasteiger partial charge in [0, 0.05) is 19.6 Å². The first-order valence-corrected chi connectivity index (χ1v) is 9.75. The molecule has 1 fully saturated rings. The number of fused-ring (bicyclic) bond motifs is 1. The topological polar surface area (TPSA) is 125 Å². The molecule has 0 aliphatic carbocycles. The molecule has 30 heavy (non-hydrogen) atoms. The van der Waals surface area contributed by atoms with Gasteiger partial charge in [0.2, 0.25) is 5.91 Å². The zero-order chi connectivity index (χ0) is 21.3. The molecule has 1 aliphatic rings. The third kappa shape index (κ3) is 4.33. The highest BCUT2D eigenvalue weighted by molar-refractivity contribution is 5.78. The average molecular weight is 408 g/mol. The van der Waals surface area contributed by atoms with Crippen molar-refractivity contribution < 1.29 is 4.79 Å². The maximum absolute atomic E-state index is 12.8. The van der Waals surface area contributed by atoms with Crippen LogP contribution in [0.15, 0.2) is 52.1 Å². The number of aromatic amines is 1. The third-order valence-corrected chi connectivity index (χ3v) is 5.18. The first kappa shape index (κ1) is 20.0.